The predicted octanol–water partition coefficient (Wildman–Crippen LogP) is 6.52. The van der Waals surface area contributed by atoms with Gasteiger partial charge in [0.1, 0.15) is 0 Å². The maximum absolute atomic E-state index is 7.03. The van der Waals surface area contributed by atoms with Gasteiger partial charge < -0.3 is 10.5 Å². The van der Waals surface area contributed by atoms with Crippen LogP contribution in [0.5, 0.6) is 0 Å². The van der Waals surface area contributed by atoms with Crippen LogP contribution in [0, 0.1) is 35.5 Å². The summed E-state index contributed by atoms with van der Waals surface area (Å²) in [7, 11) is 0. The highest BCUT2D eigenvalue weighted by Crippen LogP contribution is 2.49. The molecule has 0 spiro atoms. The monoisotopic (exact) mass is 813 g/mol. The molecule has 0 aromatic heterocycles. The summed E-state index contributed by atoms with van der Waals surface area (Å²) in [5.74, 6) is 4.14. The van der Waals surface area contributed by atoms with Crippen LogP contribution in [-0.4, -0.2) is 34.5 Å². The van der Waals surface area contributed by atoms with E-state index in [4.69, 9.17) is 10.5 Å². The second-order valence-electron chi connectivity index (χ2n) is 8.59. The maximum Gasteiger partial charge on any atom is 0.0819 e. The van der Waals surface area contributed by atoms with Crippen LogP contribution < -0.4 is 5.73 Å². The molecular weight excluding hydrogens is 778 g/mol. The van der Waals surface area contributed by atoms with E-state index in [9.17, 15) is 0 Å². The first kappa shape index (κ1) is 25.1. The van der Waals surface area contributed by atoms with Crippen molar-refractivity contribution >= 4 is 90.4 Å². The van der Waals surface area contributed by atoms with Crippen molar-refractivity contribution < 1.29 is 4.74 Å². The summed E-state index contributed by atoms with van der Waals surface area (Å²) in [6.45, 7) is 12.9. The van der Waals surface area contributed by atoms with Gasteiger partial charge in [0.15, 0.2) is 0 Å². The van der Waals surface area contributed by atoms with Gasteiger partial charge in [-0.3, -0.25) is 0 Å². The molecule has 0 aromatic rings. The van der Waals surface area contributed by atoms with Crippen LogP contribution in [0.1, 0.15) is 47.5 Å². The molecule has 2 nitrogen and oxygen atoms in total. The molecule has 2 saturated carbocycles. The van der Waals surface area contributed by atoms with Crippen molar-refractivity contribution in [2.75, 3.05) is 6.54 Å². The highest BCUT2D eigenvalue weighted by molar-refractivity contribution is 14.1. The van der Waals surface area contributed by atoms with Crippen LogP contribution >= 0.6 is 90.4 Å². The van der Waals surface area contributed by atoms with Crippen molar-refractivity contribution in [2.24, 2.45) is 41.2 Å². The van der Waals surface area contributed by atoms with Crippen molar-refractivity contribution in [3.8, 4) is 0 Å². The standard InChI is InChI=1S/C20H35I4NO/c1-6-13-15(21)11(4)19(12(5)16(13)22)26-20-17(23)9(2)14(7-8-25)10(3)18(20)24/h9-20H,6-8,25H2,1-5H3. The molecule has 2 N–H and O–H groups in total. The van der Waals surface area contributed by atoms with E-state index < -0.39 is 0 Å². The molecule has 8 atom stereocenters. The number of nitrogens with two attached hydrogens (primary N) is 1. The summed E-state index contributed by atoms with van der Waals surface area (Å²) in [6, 6.07) is 0. The number of hydrogen-bond donors (Lipinski definition) is 1. The SMILES string of the molecule is CCC1C(I)C(C)C(OC2C(I)C(C)C(CCN)C(C)C2I)C(C)C1I. The molecule has 8 unspecified atom stereocenters. The van der Waals surface area contributed by atoms with E-state index in [0.29, 0.717) is 51.6 Å². The van der Waals surface area contributed by atoms with Crippen LogP contribution in [0.3, 0.4) is 0 Å². The Kier molecular flexibility index (Phi) is 10.6. The van der Waals surface area contributed by atoms with E-state index in [1.54, 1.807) is 0 Å². The van der Waals surface area contributed by atoms with Gasteiger partial charge in [0.05, 0.1) is 12.2 Å². The lowest BCUT2D eigenvalue weighted by molar-refractivity contribution is -0.102. The highest BCUT2D eigenvalue weighted by atomic mass is 127. The molecule has 2 aliphatic rings. The van der Waals surface area contributed by atoms with E-state index in [-0.39, 0.29) is 0 Å². The Bertz CT molecular complexity index is 422. The third-order valence-corrected chi connectivity index (χ3v) is 14.9. The minimum Gasteiger partial charge on any atom is -0.372 e. The molecule has 2 rings (SSSR count). The summed E-state index contributed by atoms with van der Waals surface area (Å²) in [6.07, 6.45) is 3.17. The molecule has 0 aliphatic heterocycles. The molecule has 0 bridgehead atoms. The quantitative estimate of drug-likeness (QED) is 0.254. The summed E-state index contributed by atoms with van der Waals surface area (Å²) in [5.41, 5.74) is 5.91. The zero-order chi connectivity index (χ0) is 19.8. The second kappa shape index (κ2) is 10.9. The average molecular weight is 813 g/mol. The number of alkyl halides is 4. The molecule has 0 amide bonds. The lowest BCUT2D eigenvalue weighted by Crippen LogP contribution is -2.56. The minimum absolute atomic E-state index is 0.357. The van der Waals surface area contributed by atoms with Gasteiger partial charge in [0.2, 0.25) is 0 Å². The number of rotatable bonds is 5. The van der Waals surface area contributed by atoms with Gasteiger partial charge >= 0.3 is 0 Å². The molecular formula is C20H35I4NO. The normalized spacial score (nSPS) is 52.8. The Labute approximate surface area is 215 Å². The van der Waals surface area contributed by atoms with Gasteiger partial charge in [-0.1, -0.05) is 131 Å². The Morgan fingerprint density at radius 1 is 0.692 bits per heavy atom. The van der Waals surface area contributed by atoms with Gasteiger partial charge in [0.25, 0.3) is 0 Å². The summed E-state index contributed by atoms with van der Waals surface area (Å²) >= 11 is 10.8. The minimum atomic E-state index is 0.357. The van der Waals surface area contributed by atoms with E-state index in [2.05, 4.69) is 125 Å². The smallest absolute Gasteiger partial charge is 0.0819 e. The topological polar surface area (TPSA) is 35.2 Å². The van der Waals surface area contributed by atoms with Gasteiger partial charge in [-0.05, 0) is 48.5 Å². The number of hydrogen-bond acceptors (Lipinski definition) is 2. The third-order valence-electron chi connectivity index (χ3n) is 7.13. The average Bonchev–Trinajstić information content (AvgIpc) is 2.62. The first-order chi connectivity index (χ1) is 12.2. The van der Waals surface area contributed by atoms with Crippen molar-refractivity contribution in [1.29, 1.82) is 0 Å². The molecule has 26 heavy (non-hydrogen) atoms. The van der Waals surface area contributed by atoms with E-state index in [0.717, 1.165) is 24.8 Å². The Hall–Kier alpha value is 2.84. The first-order valence-electron chi connectivity index (χ1n) is 10.1. The van der Waals surface area contributed by atoms with Crippen LogP contribution in [-0.2, 0) is 4.74 Å². The summed E-state index contributed by atoms with van der Waals surface area (Å²) in [5, 5.41) is 0. The van der Waals surface area contributed by atoms with Crippen molar-refractivity contribution in [3.05, 3.63) is 0 Å². The zero-order valence-corrected chi connectivity index (χ0v) is 25.2. The first-order valence-corrected chi connectivity index (χ1v) is 15.1. The molecule has 2 aliphatic carbocycles. The maximum atomic E-state index is 7.03. The molecule has 0 heterocycles. The van der Waals surface area contributed by atoms with Crippen LogP contribution in [0.25, 0.3) is 0 Å². The molecule has 0 saturated heterocycles. The highest BCUT2D eigenvalue weighted by Gasteiger charge is 2.50. The predicted molar refractivity (Wildman–Crippen MR) is 147 cm³/mol. The molecule has 6 heteroatoms. The van der Waals surface area contributed by atoms with E-state index in [1.807, 2.05) is 0 Å². The van der Waals surface area contributed by atoms with Gasteiger partial charge in [0, 0.05) is 15.7 Å². The number of ether oxygens (including phenoxy) is 1. The van der Waals surface area contributed by atoms with Crippen LogP contribution in [0.2, 0.25) is 0 Å². The molecule has 0 radical (unpaired) electrons. The van der Waals surface area contributed by atoms with Crippen LogP contribution in [0.4, 0.5) is 0 Å². The molecule has 0 aromatic carbocycles. The summed E-state index contributed by atoms with van der Waals surface area (Å²) < 4.78 is 9.60. The second-order valence-corrected chi connectivity index (χ2v) is 14.3. The molecule has 2 fully saturated rings. The summed E-state index contributed by atoms with van der Waals surface area (Å²) in [4.78, 5) is 0. The lowest BCUT2D eigenvalue weighted by Gasteiger charge is -2.51. The van der Waals surface area contributed by atoms with Crippen LogP contribution in [0.15, 0.2) is 0 Å². The zero-order valence-electron chi connectivity index (χ0n) is 16.5. The van der Waals surface area contributed by atoms with Crippen molar-refractivity contribution in [1.82, 2.24) is 0 Å². The Morgan fingerprint density at radius 2 is 1.15 bits per heavy atom. The third kappa shape index (κ3) is 5.00. The van der Waals surface area contributed by atoms with E-state index in [1.165, 1.54) is 6.42 Å². The van der Waals surface area contributed by atoms with Gasteiger partial charge in [-0.25, -0.2) is 0 Å². The van der Waals surface area contributed by atoms with Crippen molar-refractivity contribution in [3.63, 3.8) is 0 Å². The fourth-order valence-corrected chi connectivity index (χ4v) is 11.9. The largest absolute Gasteiger partial charge is 0.372 e. The Morgan fingerprint density at radius 3 is 1.54 bits per heavy atom. The van der Waals surface area contributed by atoms with Gasteiger partial charge in [-0.2, -0.15) is 0 Å². The van der Waals surface area contributed by atoms with Gasteiger partial charge in [-0.15, -0.1) is 0 Å². The number of halogens is 4. The molecule has 154 valence electrons. The van der Waals surface area contributed by atoms with E-state index >= 15 is 0 Å². The lowest BCUT2D eigenvalue weighted by atomic mass is 9.70. The van der Waals surface area contributed by atoms with Crippen molar-refractivity contribution in [2.45, 2.75) is 75.4 Å². The Balaban J connectivity index is 2.18. The fourth-order valence-electron chi connectivity index (χ4n) is 5.27. The fraction of sp³-hybridized carbons (Fsp3) is 1.00.